The molecule has 3 saturated heterocycles. The summed E-state index contributed by atoms with van der Waals surface area (Å²) in [5.41, 5.74) is 0.849. The van der Waals surface area contributed by atoms with E-state index in [1.165, 1.54) is 24.1 Å². The van der Waals surface area contributed by atoms with Crippen LogP contribution in [0.25, 0.3) is 21.8 Å². The predicted molar refractivity (Wildman–Crippen MR) is 249 cm³/mol. The van der Waals surface area contributed by atoms with Crippen LogP contribution in [0.2, 0.25) is 0 Å². The average Bonchev–Trinajstić information content (AvgIpc) is 3.48. The number of halogens is 2. The molecule has 1 amide bonds. The van der Waals surface area contributed by atoms with E-state index in [0.29, 0.717) is 109 Å². The van der Waals surface area contributed by atoms with E-state index in [1.54, 1.807) is 69.9 Å². The highest BCUT2D eigenvalue weighted by molar-refractivity contribution is 7.81. The molecular formula is C48H54F2N8O7S. The predicted octanol–water partition coefficient (Wildman–Crippen LogP) is 8.24. The van der Waals surface area contributed by atoms with Crippen molar-refractivity contribution < 1.29 is 42.1 Å². The molecular weight excluding hydrogens is 871 g/mol. The van der Waals surface area contributed by atoms with Gasteiger partial charge in [-0.05, 0) is 94.9 Å². The molecule has 66 heavy (non-hydrogen) atoms. The van der Waals surface area contributed by atoms with Crippen LogP contribution in [0.4, 0.5) is 25.8 Å². The molecule has 15 nitrogen and oxygen atoms in total. The number of esters is 1. The number of aryl methyl sites for hydroxylation is 3. The van der Waals surface area contributed by atoms with Crippen LogP contribution in [0.5, 0.6) is 11.8 Å². The number of amides is 1. The maximum Gasteiger partial charge on any atom is 0.330 e. The number of fused-ring (bicyclic) bond motifs is 2. The van der Waals surface area contributed by atoms with Crippen molar-refractivity contribution in [2.24, 2.45) is 0 Å². The number of methoxy groups -OCH3 is 1. The molecule has 3 aromatic carbocycles. The maximum atomic E-state index is 15.6. The Kier molecular flexibility index (Phi) is 14.3. The second-order valence-corrected chi connectivity index (χ2v) is 17.7. The summed E-state index contributed by atoms with van der Waals surface area (Å²) >= 11 is 5.79. The number of nitriles is 1. The Hall–Kier alpha value is -6.16. The van der Waals surface area contributed by atoms with E-state index in [2.05, 4.69) is 31.3 Å². The fourth-order valence-electron chi connectivity index (χ4n) is 8.04. The first-order valence-electron chi connectivity index (χ1n) is 22.0. The number of carbonyl (C=O) groups is 2. The van der Waals surface area contributed by atoms with Gasteiger partial charge in [0.15, 0.2) is 16.7 Å². The van der Waals surface area contributed by atoms with Crippen LogP contribution in [-0.4, -0.2) is 93.7 Å². The summed E-state index contributed by atoms with van der Waals surface area (Å²) in [6, 6.07) is 13.3. The summed E-state index contributed by atoms with van der Waals surface area (Å²) in [5.74, 6) is -0.0994. The first-order chi connectivity index (χ1) is 31.5. The highest BCUT2D eigenvalue weighted by Crippen LogP contribution is 2.40. The van der Waals surface area contributed by atoms with Gasteiger partial charge in [-0.3, -0.25) is 9.69 Å². The number of rotatable bonds is 11. The zero-order valence-corrected chi connectivity index (χ0v) is 39.2. The van der Waals surface area contributed by atoms with Crippen molar-refractivity contribution in [1.82, 2.24) is 19.9 Å². The van der Waals surface area contributed by atoms with E-state index in [1.807, 2.05) is 13.8 Å². The first-order valence-corrected chi connectivity index (χ1v) is 22.5. The largest absolute Gasteiger partial charge is 0.474 e. The van der Waals surface area contributed by atoms with Gasteiger partial charge < -0.3 is 33.9 Å². The van der Waals surface area contributed by atoms with E-state index in [-0.39, 0.29) is 34.3 Å². The number of aromatic nitrogens is 4. The summed E-state index contributed by atoms with van der Waals surface area (Å²) in [5, 5.41) is 13.4. The molecule has 3 fully saturated rings. The van der Waals surface area contributed by atoms with E-state index in [4.69, 9.17) is 35.9 Å². The van der Waals surface area contributed by atoms with Crippen molar-refractivity contribution in [3.63, 3.8) is 0 Å². The van der Waals surface area contributed by atoms with Gasteiger partial charge in [0, 0.05) is 49.9 Å². The second-order valence-electron chi connectivity index (χ2n) is 17.3. The zero-order valence-electron chi connectivity index (χ0n) is 38.4. The summed E-state index contributed by atoms with van der Waals surface area (Å²) in [6.07, 6.45) is 3.89. The number of benzene rings is 3. The highest BCUT2D eigenvalue weighted by Gasteiger charge is 2.50. The summed E-state index contributed by atoms with van der Waals surface area (Å²) in [7, 11) is 1.31. The monoisotopic (exact) mass is 924 g/mol. The smallest absolute Gasteiger partial charge is 0.330 e. The van der Waals surface area contributed by atoms with Crippen LogP contribution in [0.1, 0.15) is 90.0 Å². The van der Waals surface area contributed by atoms with Gasteiger partial charge in [0.05, 0.1) is 61.6 Å². The van der Waals surface area contributed by atoms with Gasteiger partial charge in [0.2, 0.25) is 11.8 Å². The standard InChI is InChI=1S/C28H28FN5O3S.C20H26FN3O4/c1-5-23-31-24-21(25(32-23)37-20-8-10-36-11-9-20)13-19(14-22(24)29)34-27(38)33(26(35)28(34,3)4)18-7-6-17(15-30)16(2)12-18;1-5-16-22-17-14(18(23-16)28-13-6-8-27-9-7-13)10-12(11-15(17)21)24-20(2,3)19(25)26-4/h6-7,12-14,20H,5,8-11H2,1-4H3;10-11,13,24H,5-9H2,1-4H3. The van der Waals surface area contributed by atoms with E-state index in [0.717, 1.165) is 18.4 Å². The molecule has 0 unspecified atom stereocenters. The Morgan fingerprint density at radius 1 is 0.864 bits per heavy atom. The number of nitrogens with one attached hydrogen (secondary N) is 1. The fourth-order valence-corrected chi connectivity index (χ4v) is 8.56. The van der Waals surface area contributed by atoms with E-state index in [9.17, 15) is 19.2 Å². The molecule has 0 atom stereocenters. The molecule has 0 bridgehead atoms. The molecule has 8 rings (SSSR count). The third kappa shape index (κ3) is 9.84. The van der Waals surface area contributed by atoms with E-state index < -0.39 is 28.7 Å². The molecule has 0 saturated carbocycles. The number of hydrogen-bond acceptors (Lipinski definition) is 14. The normalized spacial score (nSPS) is 16.8. The first kappa shape index (κ1) is 47.8. The molecule has 1 N–H and O–H groups in total. The number of carbonyl (C=O) groups excluding carboxylic acids is 2. The van der Waals surface area contributed by atoms with Crippen molar-refractivity contribution in [3.8, 4) is 17.8 Å². The minimum Gasteiger partial charge on any atom is -0.474 e. The van der Waals surface area contributed by atoms with Crippen molar-refractivity contribution >= 4 is 68.1 Å². The maximum absolute atomic E-state index is 15.6. The van der Waals surface area contributed by atoms with Gasteiger partial charge in [-0.1, -0.05) is 13.8 Å². The Labute approximate surface area is 387 Å². The molecule has 18 heteroatoms. The molecule has 3 aliphatic heterocycles. The Morgan fingerprint density at radius 3 is 1.89 bits per heavy atom. The Balaban J connectivity index is 0.000000206. The summed E-state index contributed by atoms with van der Waals surface area (Å²) < 4.78 is 58.5. The Bertz CT molecular complexity index is 2720. The topological polar surface area (TPSA) is 174 Å². The number of hydrogen-bond donors (Lipinski definition) is 1. The van der Waals surface area contributed by atoms with Gasteiger partial charge in [0.1, 0.15) is 46.0 Å². The van der Waals surface area contributed by atoms with Gasteiger partial charge in [-0.15, -0.1) is 0 Å². The summed E-state index contributed by atoms with van der Waals surface area (Å²) in [4.78, 5) is 46.5. The highest BCUT2D eigenvalue weighted by atomic mass is 32.1. The van der Waals surface area contributed by atoms with Gasteiger partial charge >= 0.3 is 5.97 Å². The molecule has 0 radical (unpaired) electrons. The van der Waals surface area contributed by atoms with Crippen molar-refractivity contribution in [1.29, 1.82) is 5.26 Å². The second kappa shape index (κ2) is 19.7. The Morgan fingerprint density at radius 2 is 1.39 bits per heavy atom. The lowest BCUT2D eigenvalue weighted by Crippen LogP contribution is -2.44. The number of thiocarbonyl (C=S) groups is 1. The lowest BCUT2D eigenvalue weighted by atomic mass is 10.0. The number of anilines is 3. The van der Waals surface area contributed by atoms with Gasteiger partial charge in [-0.25, -0.2) is 23.5 Å². The van der Waals surface area contributed by atoms with Crippen molar-refractivity contribution in [3.05, 3.63) is 76.9 Å². The zero-order chi connectivity index (χ0) is 47.5. The third-order valence-corrected chi connectivity index (χ3v) is 12.1. The molecule has 348 valence electrons. The quantitative estimate of drug-likeness (QED) is 0.0990. The van der Waals surface area contributed by atoms with Gasteiger partial charge in [-0.2, -0.15) is 15.2 Å². The lowest BCUT2D eigenvalue weighted by molar-refractivity contribution is -0.144. The number of nitrogens with zero attached hydrogens (tertiary/aromatic N) is 7. The fraction of sp³-hybridized carbons (Fsp3) is 0.458. The molecule has 0 spiro atoms. The summed E-state index contributed by atoms with van der Waals surface area (Å²) in [6.45, 7) is 14.9. The van der Waals surface area contributed by atoms with Crippen molar-refractivity contribution in [2.45, 2.75) is 110 Å². The molecule has 5 aromatic rings. The minimum absolute atomic E-state index is 0.0391. The molecule has 3 aliphatic rings. The lowest BCUT2D eigenvalue weighted by Gasteiger charge is -2.30. The molecule has 0 aliphatic carbocycles. The molecule has 2 aromatic heterocycles. The average molecular weight is 925 g/mol. The van der Waals surface area contributed by atoms with Crippen LogP contribution in [0.15, 0.2) is 42.5 Å². The molecule has 5 heterocycles. The van der Waals surface area contributed by atoms with Crippen LogP contribution in [0, 0.1) is 29.9 Å². The number of ether oxygens (including phenoxy) is 5. The van der Waals surface area contributed by atoms with Crippen LogP contribution in [0.3, 0.4) is 0 Å². The van der Waals surface area contributed by atoms with Crippen LogP contribution >= 0.6 is 12.2 Å². The minimum atomic E-state index is -1.11. The van der Waals surface area contributed by atoms with Crippen LogP contribution < -0.4 is 24.6 Å². The third-order valence-electron chi connectivity index (χ3n) is 11.7. The van der Waals surface area contributed by atoms with Gasteiger partial charge in [0.25, 0.3) is 5.91 Å². The SMILES string of the molecule is CCc1nc(OC2CCOCC2)c2cc(N3C(=S)N(c4ccc(C#N)c(C)c4)C(=O)C3(C)C)cc(F)c2n1.CCc1nc(OC2CCOCC2)c2cc(NC(C)(C)C(=O)OC)cc(F)c2n1. The van der Waals surface area contributed by atoms with E-state index >= 15 is 4.39 Å². The van der Waals surface area contributed by atoms with Crippen molar-refractivity contribution in [2.75, 3.05) is 48.7 Å². The van der Waals surface area contributed by atoms with Crippen LogP contribution in [-0.2, 0) is 36.6 Å².